The van der Waals surface area contributed by atoms with Crippen LogP contribution in [0.1, 0.15) is 6.92 Å². The fourth-order valence-electron chi connectivity index (χ4n) is 0.757. The Morgan fingerprint density at radius 3 is 2.20 bits per heavy atom. The Hall–Kier alpha value is 0.670. The fourth-order valence-corrected chi connectivity index (χ4v) is 2.16. The van der Waals surface area contributed by atoms with Gasteiger partial charge >= 0.3 is 5.97 Å². The second kappa shape index (κ2) is 12.7. The molecule has 0 aromatic carbocycles. The number of hydrogen-bond acceptors (Lipinski definition) is 6. The lowest BCUT2D eigenvalue weighted by atomic mass is 10.4. The van der Waals surface area contributed by atoms with Crippen LogP contribution in [-0.2, 0) is 9.53 Å². The molecule has 0 aliphatic carbocycles. The van der Waals surface area contributed by atoms with Gasteiger partial charge in [0, 0.05) is 6.54 Å². The van der Waals surface area contributed by atoms with Crippen molar-refractivity contribution in [3.05, 3.63) is 0 Å². The summed E-state index contributed by atoms with van der Waals surface area (Å²) in [5, 5.41) is 0. The SMILES string of the molecule is CSN(SC)C(C)C(=O)OCCN.Cl.Cl. The van der Waals surface area contributed by atoms with Gasteiger partial charge in [-0.15, -0.1) is 24.8 Å². The molecule has 0 saturated carbocycles. The van der Waals surface area contributed by atoms with Crippen molar-refractivity contribution in [2.75, 3.05) is 25.7 Å². The van der Waals surface area contributed by atoms with Crippen LogP contribution in [0.5, 0.6) is 0 Å². The van der Waals surface area contributed by atoms with Crippen molar-refractivity contribution in [1.29, 1.82) is 0 Å². The number of ether oxygens (including phenoxy) is 1. The highest BCUT2D eigenvalue weighted by Gasteiger charge is 2.21. The van der Waals surface area contributed by atoms with Crippen LogP contribution >= 0.6 is 48.7 Å². The van der Waals surface area contributed by atoms with Crippen LogP contribution in [0.3, 0.4) is 0 Å². The van der Waals surface area contributed by atoms with E-state index in [2.05, 4.69) is 0 Å². The third kappa shape index (κ3) is 8.47. The van der Waals surface area contributed by atoms with Gasteiger partial charge in [-0.3, -0.25) is 4.79 Å². The van der Waals surface area contributed by atoms with E-state index in [4.69, 9.17) is 10.5 Å². The van der Waals surface area contributed by atoms with Crippen LogP contribution < -0.4 is 5.73 Å². The molecule has 0 bridgehead atoms. The molecule has 0 fully saturated rings. The van der Waals surface area contributed by atoms with E-state index in [9.17, 15) is 4.79 Å². The van der Waals surface area contributed by atoms with Gasteiger partial charge in [-0.25, -0.2) is 0 Å². The summed E-state index contributed by atoms with van der Waals surface area (Å²) in [6, 6.07) is -0.239. The molecule has 15 heavy (non-hydrogen) atoms. The molecule has 8 heteroatoms. The maximum absolute atomic E-state index is 11.3. The Morgan fingerprint density at radius 1 is 1.40 bits per heavy atom. The second-order valence-corrected chi connectivity index (χ2v) is 4.03. The van der Waals surface area contributed by atoms with Gasteiger partial charge in [-0.1, -0.05) is 23.9 Å². The molecular formula is C7H18Cl2N2O2S2. The lowest BCUT2D eigenvalue weighted by Gasteiger charge is -2.21. The minimum Gasteiger partial charge on any atom is -0.463 e. The number of halogens is 2. The van der Waals surface area contributed by atoms with Crippen LogP contribution in [-0.4, -0.2) is 41.4 Å². The number of hydrogen-bond donors (Lipinski definition) is 1. The van der Waals surface area contributed by atoms with Crippen LogP contribution in [0, 0.1) is 0 Å². The highest BCUT2D eigenvalue weighted by molar-refractivity contribution is 8.11. The average Bonchev–Trinajstić information content (AvgIpc) is 2.15. The normalized spacial score (nSPS) is 11.3. The Balaban J connectivity index is -0.000000720. The molecule has 0 spiro atoms. The quantitative estimate of drug-likeness (QED) is 0.593. The summed E-state index contributed by atoms with van der Waals surface area (Å²) in [6.45, 7) is 2.47. The van der Waals surface area contributed by atoms with Crippen molar-refractivity contribution in [2.24, 2.45) is 5.73 Å². The molecule has 94 valence electrons. The summed E-state index contributed by atoms with van der Waals surface area (Å²) in [7, 11) is 0. The molecule has 0 aromatic heterocycles. The van der Waals surface area contributed by atoms with E-state index >= 15 is 0 Å². The van der Waals surface area contributed by atoms with Gasteiger partial charge in [0.05, 0.1) is 0 Å². The summed E-state index contributed by atoms with van der Waals surface area (Å²) in [5.41, 5.74) is 5.22. The van der Waals surface area contributed by atoms with Crippen molar-refractivity contribution < 1.29 is 9.53 Å². The molecule has 0 saturated heterocycles. The predicted octanol–water partition coefficient (Wildman–Crippen LogP) is 1.58. The molecule has 0 radical (unpaired) electrons. The van der Waals surface area contributed by atoms with Gasteiger partial charge in [0.15, 0.2) is 0 Å². The van der Waals surface area contributed by atoms with E-state index in [-0.39, 0.29) is 36.8 Å². The molecule has 1 unspecified atom stereocenters. The van der Waals surface area contributed by atoms with Crippen molar-refractivity contribution in [3.8, 4) is 0 Å². The van der Waals surface area contributed by atoms with E-state index in [0.717, 1.165) is 0 Å². The monoisotopic (exact) mass is 296 g/mol. The van der Waals surface area contributed by atoms with Crippen molar-refractivity contribution in [1.82, 2.24) is 3.71 Å². The van der Waals surface area contributed by atoms with Gasteiger partial charge in [0.1, 0.15) is 12.6 Å². The zero-order valence-electron chi connectivity index (χ0n) is 8.97. The molecule has 0 heterocycles. The number of esters is 1. The topological polar surface area (TPSA) is 55.6 Å². The van der Waals surface area contributed by atoms with Crippen LogP contribution in [0.4, 0.5) is 0 Å². The molecular weight excluding hydrogens is 279 g/mol. The Bertz CT molecular complexity index is 162. The maximum Gasteiger partial charge on any atom is 0.325 e. The molecule has 2 N–H and O–H groups in total. The summed E-state index contributed by atoms with van der Waals surface area (Å²) < 4.78 is 6.78. The lowest BCUT2D eigenvalue weighted by Crippen LogP contribution is -2.32. The first-order valence-corrected chi connectivity index (χ1v) is 6.27. The first kappa shape index (κ1) is 21.0. The largest absolute Gasteiger partial charge is 0.463 e. The first-order valence-electron chi connectivity index (χ1n) is 3.91. The first-order chi connectivity index (χ1) is 6.17. The van der Waals surface area contributed by atoms with Gasteiger partial charge in [0.25, 0.3) is 0 Å². The zero-order valence-corrected chi connectivity index (χ0v) is 12.2. The third-order valence-electron chi connectivity index (χ3n) is 1.38. The second-order valence-electron chi connectivity index (χ2n) is 2.28. The van der Waals surface area contributed by atoms with Gasteiger partial charge in [0.2, 0.25) is 0 Å². The van der Waals surface area contributed by atoms with E-state index in [1.54, 1.807) is 0 Å². The van der Waals surface area contributed by atoms with Crippen molar-refractivity contribution in [3.63, 3.8) is 0 Å². The van der Waals surface area contributed by atoms with E-state index < -0.39 is 0 Å². The van der Waals surface area contributed by atoms with Crippen LogP contribution in [0.2, 0.25) is 0 Å². The molecule has 0 amide bonds. The zero-order chi connectivity index (χ0) is 10.3. The van der Waals surface area contributed by atoms with Crippen molar-refractivity contribution in [2.45, 2.75) is 13.0 Å². The molecule has 0 aliphatic rings. The minimum absolute atomic E-state index is 0. The fraction of sp³-hybridized carbons (Fsp3) is 0.857. The number of nitrogens with zero attached hydrogens (tertiary/aromatic N) is 1. The molecule has 0 rings (SSSR count). The number of carbonyl (C=O) groups excluding carboxylic acids is 1. The van der Waals surface area contributed by atoms with E-state index in [1.807, 2.05) is 23.1 Å². The molecule has 4 nitrogen and oxygen atoms in total. The third-order valence-corrected chi connectivity index (χ3v) is 3.63. The van der Waals surface area contributed by atoms with Gasteiger partial charge < -0.3 is 10.5 Å². The summed E-state index contributed by atoms with van der Waals surface area (Å²) in [5.74, 6) is -0.228. The molecule has 1 atom stereocenters. The summed E-state index contributed by atoms with van der Waals surface area (Å²) >= 11 is 3.01. The standard InChI is InChI=1S/C7H16N2O2S2.2ClH/c1-6(9(12-2)13-3)7(10)11-5-4-8;;/h6H,4-5,8H2,1-3H3;2*1H. The van der Waals surface area contributed by atoms with Gasteiger partial charge in [-0.05, 0) is 19.4 Å². The van der Waals surface area contributed by atoms with E-state index in [0.29, 0.717) is 13.2 Å². The number of rotatable bonds is 6. The minimum atomic E-state index is -0.239. The van der Waals surface area contributed by atoms with Gasteiger partial charge in [-0.2, -0.15) is 3.71 Å². The number of carbonyl (C=O) groups is 1. The Morgan fingerprint density at radius 2 is 1.87 bits per heavy atom. The van der Waals surface area contributed by atoms with Crippen molar-refractivity contribution >= 4 is 54.7 Å². The highest BCUT2D eigenvalue weighted by atomic mass is 35.5. The highest BCUT2D eigenvalue weighted by Crippen LogP contribution is 2.20. The van der Waals surface area contributed by atoms with E-state index in [1.165, 1.54) is 23.9 Å². The molecule has 0 aliphatic heterocycles. The maximum atomic E-state index is 11.3. The summed E-state index contributed by atoms with van der Waals surface area (Å²) in [4.78, 5) is 11.3. The summed E-state index contributed by atoms with van der Waals surface area (Å²) in [6.07, 6.45) is 3.84. The predicted molar refractivity (Wildman–Crippen MR) is 72.8 cm³/mol. The smallest absolute Gasteiger partial charge is 0.325 e. The Kier molecular flexibility index (Phi) is 17.8. The lowest BCUT2D eigenvalue weighted by molar-refractivity contribution is -0.146. The number of nitrogens with two attached hydrogens (primary N) is 1. The van der Waals surface area contributed by atoms with Crippen LogP contribution in [0.15, 0.2) is 0 Å². The average molecular weight is 297 g/mol. The van der Waals surface area contributed by atoms with Crippen LogP contribution in [0.25, 0.3) is 0 Å². The molecule has 0 aromatic rings. The Labute approximate surface area is 112 Å².